The highest BCUT2D eigenvalue weighted by Crippen LogP contribution is 2.51. The molecule has 11 aromatic carbocycles. The van der Waals surface area contributed by atoms with Crippen LogP contribution >= 0.6 is 0 Å². The lowest BCUT2D eigenvalue weighted by Crippen LogP contribution is -2.10. The summed E-state index contributed by atoms with van der Waals surface area (Å²) in [4.78, 5) is 0. The van der Waals surface area contributed by atoms with Gasteiger partial charge in [-0.25, -0.2) is 0 Å². The number of benzene rings is 11. The lowest BCUT2D eigenvalue weighted by atomic mass is 9.83. The molecule has 3 aromatic heterocycles. The zero-order valence-electron chi connectivity index (χ0n) is 50.2. The van der Waals surface area contributed by atoms with E-state index in [9.17, 15) is 0 Å². The first-order valence-electron chi connectivity index (χ1n) is 30.0. The summed E-state index contributed by atoms with van der Waals surface area (Å²) in [6.45, 7) is 27.8. The van der Waals surface area contributed by atoms with Crippen LogP contribution in [0.5, 0.6) is 0 Å². The summed E-state index contributed by atoms with van der Waals surface area (Å²) in [5.74, 6) is 0. The molecule has 0 amide bonds. The summed E-state index contributed by atoms with van der Waals surface area (Å²) < 4.78 is 12.3. The lowest BCUT2D eigenvalue weighted by Gasteiger charge is -2.25. The number of furan rings is 1. The standard InChI is InChI=1S/C80H72N2O/c1-77(2,3)48-33-38-66-62(43-48)63-44-49(78(4,5)6)34-39-67(63)81(66)75-56-26-17-13-22-52(56)72(53-23-14-18-27-57(53)75)47-32-37-60-71(42-47)83-70-31-21-30-61(74(60)70)73-54-24-15-19-28-58(54)76(59-29-20-16-25-55(59)73)82-68-40-35-50(79(7,8)9)45-64(68)65-46-51(80(10,11)12)36-41-69(65)82/h13,15-22,24-46H,14,23H2,1-12H3. The highest BCUT2D eigenvalue weighted by molar-refractivity contribution is 6.25. The van der Waals surface area contributed by atoms with Gasteiger partial charge in [0.1, 0.15) is 11.2 Å². The van der Waals surface area contributed by atoms with Gasteiger partial charge in [0.2, 0.25) is 0 Å². The van der Waals surface area contributed by atoms with E-state index < -0.39 is 0 Å². The third-order valence-electron chi connectivity index (χ3n) is 18.6. The van der Waals surface area contributed by atoms with Gasteiger partial charge < -0.3 is 13.6 Å². The van der Waals surface area contributed by atoms with E-state index in [1.54, 1.807) is 0 Å². The summed E-state index contributed by atoms with van der Waals surface area (Å²) >= 11 is 0. The van der Waals surface area contributed by atoms with Gasteiger partial charge in [0.15, 0.2) is 0 Å². The van der Waals surface area contributed by atoms with E-state index in [1.165, 1.54) is 143 Å². The van der Waals surface area contributed by atoms with E-state index in [1.807, 2.05) is 0 Å². The van der Waals surface area contributed by atoms with Gasteiger partial charge in [0.25, 0.3) is 0 Å². The van der Waals surface area contributed by atoms with Crippen molar-refractivity contribution in [3.05, 3.63) is 221 Å². The minimum absolute atomic E-state index is 0.00618. The van der Waals surface area contributed by atoms with E-state index in [0.717, 1.165) is 34.8 Å². The first-order chi connectivity index (χ1) is 39.7. The van der Waals surface area contributed by atoms with Crippen LogP contribution in [0.2, 0.25) is 0 Å². The van der Waals surface area contributed by atoms with Crippen molar-refractivity contribution < 1.29 is 4.42 Å². The monoisotopic (exact) mass is 1080 g/mol. The van der Waals surface area contributed by atoms with E-state index in [0.29, 0.717) is 0 Å². The Balaban J connectivity index is 0.942. The summed E-state index contributed by atoms with van der Waals surface area (Å²) in [7, 11) is 0. The van der Waals surface area contributed by atoms with E-state index in [-0.39, 0.29) is 21.7 Å². The van der Waals surface area contributed by atoms with Crippen LogP contribution in [0.4, 0.5) is 0 Å². The van der Waals surface area contributed by atoms with Gasteiger partial charge in [-0.15, -0.1) is 0 Å². The molecule has 1 aliphatic carbocycles. The Bertz CT molecular complexity index is 4910. The Labute approximate surface area is 487 Å². The molecule has 0 saturated carbocycles. The van der Waals surface area contributed by atoms with Crippen molar-refractivity contribution in [1.29, 1.82) is 0 Å². The highest BCUT2D eigenvalue weighted by atomic mass is 16.3. The molecule has 0 unspecified atom stereocenters. The summed E-state index contributed by atoms with van der Waals surface area (Å²) in [6, 6.07) is 69.8. The van der Waals surface area contributed by atoms with E-state index >= 15 is 0 Å². The molecule has 3 heteroatoms. The van der Waals surface area contributed by atoms with Crippen molar-refractivity contribution in [3.63, 3.8) is 0 Å². The molecular formula is C80H72N2O. The smallest absolute Gasteiger partial charge is 0.136 e. The number of hydrogen-bond acceptors (Lipinski definition) is 1. The normalized spacial score (nSPS) is 13.6. The second kappa shape index (κ2) is 17.9. The largest absolute Gasteiger partial charge is 0.456 e. The molecule has 408 valence electrons. The maximum absolute atomic E-state index is 7.13. The SMILES string of the molecule is CC(C)(C)c1ccc2c(c1)c1cc(C(C)(C)C)ccc1n2-c1c2c(c(-c3ccc4c(c3)oc3cccc(-c5c6ccccc6c(-n6c7ccc(C(C)(C)C)cc7c7cc(C(C)(C)C)ccc76)c6ccccc56)c34)c3ccccc13)CCC=C2. The number of nitrogens with zero attached hydrogens (tertiary/aromatic N) is 2. The van der Waals surface area contributed by atoms with Crippen molar-refractivity contribution >= 4 is 104 Å². The average Bonchev–Trinajstić information content (AvgIpc) is 1.88. The van der Waals surface area contributed by atoms with Crippen LogP contribution in [0, 0.1) is 0 Å². The van der Waals surface area contributed by atoms with Crippen molar-refractivity contribution in [2.75, 3.05) is 0 Å². The van der Waals surface area contributed by atoms with Gasteiger partial charge in [0, 0.05) is 54.0 Å². The molecule has 15 rings (SSSR count). The molecule has 3 heterocycles. The zero-order chi connectivity index (χ0) is 57.2. The molecule has 0 radical (unpaired) electrons. The van der Waals surface area contributed by atoms with Gasteiger partial charge in [-0.05, 0) is 167 Å². The Hall–Kier alpha value is -8.66. The third-order valence-corrected chi connectivity index (χ3v) is 18.6. The molecule has 0 bridgehead atoms. The Morgan fingerprint density at radius 2 is 0.771 bits per heavy atom. The fraction of sp³-hybridized carbons (Fsp3) is 0.225. The summed E-state index contributed by atoms with van der Waals surface area (Å²) in [5, 5.41) is 14.8. The minimum Gasteiger partial charge on any atom is -0.456 e. The Morgan fingerprint density at radius 1 is 0.349 bits per heavy atom. The predicted molar refractivity (Wildman–Crippen MR) is 358 cm³/mol. The first-order valence-corrected chi connectivity index (χ1v) is 30.0. The van der Waals surface area contributed by atoms with Crippen LogP contribution in [0.3, 0.4) is 0 Å². The number of hydrogen-bond donors (Lipinski definition) is 0. The quantitative estimate of drug-likeness (QED) is 0.161. The minimum atomic E-state index is 0.00618. The van der Waals surface area contributed by atoms with E-state index in [4.69, 9.17) is 4.42 Å². The highest BCUT2D eigenvalue weighted by Gasteiger charge is 2.29. The second-order valence-corrected chi connectivity index (χ2v) is 28.0. The van der Waals surface area contributed by atoms with Gasteiger partial charge >= 0.3 is 0 Å². The molecule has 0 atom stereocenters. The van der Waals surface area contributed by atoms with Gasteiger partial charge in [0.05, 0.1) is 33.4 Å². The molecule has 0 saturated heterocycles. The first kappa shape index (κ1) is 51.2. The van der Waals surface area contributed by atoms with Crippen molar-refractivity contribution in [1.82, 2.24) is 9.13 Å². The fourth-order valence-corrected chi connectivity index (χ4v) is 14.2. The zero-order valence-corrected chi connectivity index (χ0v) is 50.2. The van der Waals surface area contributed by atoms with Crippen LogP contribution in [0.1, 0.15) is 123 Å². The summed E-state index contributed by atoms with van der Waals surface area (Å²) in [6.07, 6.45) is 6.72. The van der Waals surface area contributed by atoms with Crippen LogP contribution in [0.25, 0.3) is 138 Å². The number of allylic oxidation sites excluding steroid dienone is 1. The predicted octanol–water partition coefficient (Wildman–Crippen LogP) is 22.7. The third kappa shape index (κ3) is 7.83. The molecular weight excluding hydrogens is 1000 g/mol. The molecule has 3 nitrogen and oxygen atoms in total. The number of rotatable bonds is 4. The lowest BCUT2D eigenvalue weighted by molar-refractivity contribution is 0.590. The molecule has 0 spiro atoms. The van der Waals surface area contributed by atoms with Crippen molar-refractivity contribution in [3.8, 4) is 33.6 Å². The molecule has 14 aromatic rings. The maximum atomic E-state index is 7.13. The van der Waals surface area contributed by atoms with Crippen molar-refractivity contribution in [2.45, 2.75) is 118 Å². The Morgan fingerprint density at radius 3 is 1.23 bits per heavy atom. The maximum Gasteiger partial charge on any atom is 0.136 e. The molecule has 83 heavy (non-hydrogen) atoms. The van der Waals surface area contributed by atoms with E-state index in [2.05, 4.69) is 286 Å². The number of aromatic nitrogens is 2. The van der Waals surface area contributed by atoms with Crippen LogP contribution in [-0.4, -0.2) is 9.13 Å². The molecule has 0 N–H and O–H groups in total. The van der Waals surface area contributed by atoms with Crippen molar-refractivity contribution in [2.24, 2.45) is 0 Å². The average molecular weight is 1080 g/mol. The van der Waals surface area contributed by atoms with Crippen LogP contribution in [-0.2, 0) is 28.1 Å². The molecule has 1 aliphatic rings. The van der Waals surface area contributed by atoms with Gasteiger partial charge in [-0.3, -0.25) is 0 Å². The van der Waals surface area contributed by atoms with Crippen LogP contribution < -0.4 is 0 Å². The summed E-state index contributed by atoms with van der Waals surface area (Å²) in [5.41, 5.74) is 22.1. The van der Waals surface area contributed by atoms with Gasteiger partial charge in [-0.1, -0.05) is 210 Å². The fourth-order valence-electron chi connectivity index (χ4n) is 14.2. The molecule has 0 aliphatic heterocycles. The second-order valence-electron chi connectivity index (χ2n) is 28.0. The Kier molecular flexibility index (Phi) is 11.1. The van der Waals surface area contributed by atoms with Crippen LogP contribution in [0.15, 0.2) is 192 Å². The number of fused-ring (bicyclic) bond motifs is 13. The molecule has 0 fully saturated rings. The topological polar surface area (TPSA) is 23.0 Å². The van der Waals surface area contributed by atoms with Gasteiger partial charge in [-0.2, -0.15) is 0 Å².